The first-order valence-electron chi connectivity index (χ1n) is 20.4. The largest absolute Gasteiger partial charge is 0.313 e. The fraction of sp³-hybridized carbons (Fsp3) is 0.148. The molecule has 0 bridgehead atoms. The highest BCUT2D eigenvalue weighted by Gasteiger charge is 2.28. The van der Waals surface area contributed by atoms with E-state index in [1.54, 1.807) is 0 Å². The second kappa shape index (κ2) is 13.7. The number of para-hydroxylation sites is 2. The Morgan fingerprint density at radius 2 is 1.14 bits per heavy atom. The fourth-order valence-corrected chi connectivity index (χ4v) is 9.86. The highest BCUT2D eigenvalue weighted by atomic mass is 15.0. The molecule has 0 radical (unpaired) electrons. The molecule has 0 aliphatic heterocycles. The molecule has 3 aliphatic rings. The summed E-state index contributed by atoms with van der Waals surface area (Å²) in [6.45, 7) is 0. The number of benzene rings is 6. The number of aromatic nitrogens is 2. The minimum Gasteiger partial charge on any atom is -0.313 e. The van der Waals surface area contributed by atoms with Gasteiger partial charge in [-0.15, -0.1) is 0 Å². The lowest BCUT2D eigenvalue weighted by Gasteiger charge is -2.31. The van der Waals surface area contributed by atoms with Gasteiger partial charge in [0, 0.05) is 38.8 Å². The molecule has 0 fully saturated rings. The Kier molecular flexibility index (Phi) is 8.09. The number of hydrogen-bond donors (Lipinski definition) is 0. The molecule has 2 aromatic heterocycles. The van der Waals surface area contributed by atoms with Gasteiger partial charge in [0.05, 0.1) is 22.1 Å². The summed E-state index contributed by atoms with van der Waals surface area (Å²) in [6.07, 6.45) is 25.1. The highest BCUT2D eigenvalue weighted by molar-refractivity contribution is 6.13. The van der Waals surface area contributed by atoms with Gasteiger partial charge in [0.2, 0.25) is 0 Å². The molecular weight excluding hydrogens is 677 g/mol. The molecule has 3 aliphatic carbocycles. The van der Waals surface area contributed by atoms with Crippen LogP contribution in [0.3, 0.4) is 0 Å². The molecule has 11 rings (SSSR count). The van der Waals surface area contributed by atoms with Crippen molar-refractivity contribution in [2.45, 2.75) is 32.1 Å². The summed E-state index contributed by atoms with van der Waals surface area (Å²) in [7, 11) is 0. The average Bonchev–Trinajstić information content (AvgIpc) is 3.79. The highest BCUT2D eigenvalue weighted by Crippen LogP contribution is 2.43. The first-order chi connectivity index (χ1) is 27.8. The van der Waals surface area contributed by atoms with Crippen molar-refractivity contribution in [1.82, 2.24) is 9.13 Å². The van der Waals surface area contributed by atoms with Crippen molar-refractivity contribution < 1.29 is 0 Å². The Hall–Kier alpha value is -6.38. The van der Waals surface area contributed by atoms with E-state index in [9.17, 15) is 0 Å². The lowest BCUT2D eigenvalue weighted by Crippen LogP contribution is -2.19. The Bertz CT molecular complexity index is 2960. The molecule has 56 heavy (non-hydrogen) atoms. The number of fused-ring (bicyclic) bond motifs is 6. The van der Waals surface area contributed by atoms with Crippen LogP contribution in [0.15, 0.2) is 194 Å². The first kappa shape index (κ1) is 33.0. The van der Waals surface area contributed by atoms with Gasteiger partial charge in [-0.2, -0.15) is 0 Å². The third-order valence-electron chi connectivity index (χ3n) is 12.6. The van der Waals surface area contributed by atoms with Crippen LogP contribution in [-0.4, -0.2) is 9.13 Å². The minimum absolute atomic E-state index is 0.478. The number of rotatable bonds is 6. The normalized spacial score (nSPS) is 19.6. The van der Waals surface area contributed by atoms with Crippen molar-refractivity contribution >= 4 is 49.3 Å². The Morgan fingerprint density at radius 3 is 1.86 bits per heavy atom. The predicted molar refractivity (Wildman–Crippen MR) is 238 cm³/mol. The fourth-order valence-electron chi connectivity index (χ4n) is 9.86. The molecular formula is C54H44N2. The van der Waals surface area contributed by atoms with E-state index in [0.717, 1.165) is 12.8 Å². The summed E-state index contributed by atoms with van der Waals surface area (Å²) in [6, 6.07) is 51.7. The van der Waals surface area contributed by atoms with Gasteiger partial charge in [0.15, 0.2) is 0 Å². The molecule has 6 aromatic carbocycles. The van der Waals surface area contributed by atoms with Gasteiger partial charge in [0.25, 0.3) is 0 Å². The first-order valence-corrected chi connectivity index (χ1v) is 20.4. The molecule has 3 unspecified atom stereocenters. The zero-order chi connectivity index (χ0) is 37.0. The van der Waals surface area contributed by atoms with Crippen molar-refractivity contribution in [3.8, 4) is 27.9 Å². The Morgan fingerprint density at radius 1 is 0.482 bits per heavy atom. The third-order valence-corrected chi connectivity index (χ3v) is 12.6. The summed E-state index contributed by atoms with van der Waals surface area (Å²) >= 11 is 0. The van der Waals surface area contributed by atoms with Crippen molar-refractivity contribution in [2.24, 2.45) is 17.8 Å². The molecule has 2 heterocycles. The summed E-state index contributed by atoms with van der Waals surface area (Å²) in [4.78, 5) is 0. The smallest absolute Gasteiger partial charge is 0.0541 e. The number of nitrogens with zero attached hydrogens (tertiary/aromatic N) is 2. The summed E-state index contributed by atoms with van der Waals surface area (Å²) in [5.74, 6) is 1.50. The van der Waals surface area contributed by atoms with E-state index in [4.69, 9.17) is 0 Å². The van der Waals surface area contributed by atoms with E-state index < -0.39 is 0 Å². The van der Waals surface area contributed by atoms with Crippen molar-refractivity contribution in [2.75, 3.05) is 0 Å². The van der Waals surface area contributed by atoms with E-state index >= 15 is 0 Å². The van der Waals surface area contributed by atoms with Crippen LogP contribution in [0.25, 0.3) is 77.2 Å². The maximum atomic E-state index is 2.62. The monoisotopic (exact) mass is 720 g/mol. The SMILES string of the molecule is C1=CCC(C2C=C(C3C=CCCC3)C=C(n3c4ccccc4c4cc(-c5ccc6c(c5)c5ccccc5n6-c5cccc(-c6ccccc6)c5)ccc43)C2)C=C1. The third kappa shape index (κ3) is 5.63. The molecule has 2 heteroatoms. The second-order valence-corrected chi connectivity index (χ2v) is 15.9. The van der Waals surface area contributed by atoms with Crippen molar-refractivity contribution in [1.29, 1.82) is 0 Å². The lowest BCUT2D eigenvalue weighted by atomic mass is 9.76. The van der Waals surface area contributed by atoms with E-state index in [-0.39, 0.29) is 0 Å². The standard InChI is InChI=1S/C54H44N2/c1-4-15-37(16-5-1)40-21-14-22-45(32-40)55-51-25-12-10-23-47(51)49-35-41(27-29-53(49)55)42-28-30-54-50(36-42)48-24-11-13-26-52(48)56(54)46-33-43(38-17-6-2-7-18-38)31-44(34-46)39-19-8-3-9-20-39/h1-2,4-8,10-17,19,21-32,34-36,38-39,43H,3,9,18,20,33H2. The Labute approximate surface area is 328 Å². The van der Waals surface area contributed by atoms with Crippen LogP contribution in [0.2, 0.25) is 0 Å². The maximum Gasteiger partial charge on any atom is 0.0541 e. The van der Waals surface area contributed by atoms with Gasteiger partial charge in [-0.25, -0.2) is 0 Å². The predicted octanol–water partition coefficient (Wildman–Crippen LogP) is 14.5. The second-order valence-electron chi connectivity index (χ2n) is 15.9. The number of hydrogen-bond acceptors (Lipinski definition) is 0. The van der Waals surface area contributed by atoms with Gasteiger partial charge in [-0.1, -0.05) is 134 Å². The Balaban J connectivity index is 1.03. The topological polar surface area (TPSA) is 9.86 Å². The van der Waals surface area contributed by atoms with Crippen LogP contribution in [-0.2, 0) is 0 Å². The minimum atomic E-state index is 0.478. The van der Waals surface area contributed by atoms with Gasteiger partial charge in [0.1, 0.15) is 0 Å². The quantitative estimate of drug-likeness (QED) is 0.151. The molecule has 0 saturated carbocycles. The molecule has 2 nitrogen and oxygen atoms in total. The van der Waals surface area contributed by atoms with E-state index in [1.807, 2.05) is 0 Å². The molecule has 3 atom stereocenters. The van der Waals surface area contributed by atoms with Crippen LogP contribution < -0.4 is 0 Å². The van der Waals surface area contributed by atoms with E-state index in [2.05, 4.69) is 197 Å². The van der Waals surface area contributed by atoms with Crippen molar-refractivity contribution in [3.05, 3.63) is 194 Å². The van der Waals surface area contributed by atoms with Crippen LogP contribution in [0.4, 0.5) is 0 Å². The molecule has 0 amide bonds. The van der Waals surface area contributed by atoms with Gasteiger partial charge < -0.3 is 9.13 Å². The zero-order valence-electron chi connectivity index (χ0n) is 31.6. The molecule has 8 aromatic rings. The van der Waals surface area contributed by atoms with Gasteiger partial charge in [-0.3, -0.25) is 0 Å². The average molecular weight is 721 g/mol. The van der Waals surface area contributed by atoms with Crippen LogP contribution in [0.5, 0.6) is 0 Å². The van der Waals surface area contributed by atoms with Crippen LogP contribution in [0.1, 0.15) is 32.1 Å². The van der Waals surface area contributed by atoms with E-state index in [0.29, 0.717) is 17.8 Å². The summed E-state index contributed by atoms with van der Waals surface area (Å²) < 4.78 is 5.01. The molecule has 270 valence electrons. The summed E-state index contributed by atoms with van der Waals surface area (Å²) in [5, 5.41) is 5.16. The van der Waals surface area contributed by atoms with Crippen LogP contribution in [0, 0.1) is 17.8 Å². The summed E-state index contributed by atoms with van der Waals surface area (Å²) in [5.41, 5.74) is 14.0. The van der Waals surface area contributed by atoms with Crippen LogP contribution >= 0.6 is 0 Å². The zero-order valence-corrected chi connectivity index (χ0v) is 31.6. The maximum absolute atomic E-state index is 2.62. The van der Waals surface area contributed by atoms with Crippen molar-refractivity contribution in [3.63, 3.8) is 0 Å². The van der Waals surface area contributed by atoms with E-state index in [1.165, 1.54) is 102 Å². The van der Waals surface area contributed by atoms with Gasteiger partial charge in [-0.05, 0) is 126 Å². The lowest BCUT2D eigenvalue weighted by molar-refractivity contribution is 0.469. The van der Waals surface area contributed by atoms with Gasteiger partial charge >= 0.3 is 0 Å². The molecule has 0 N–H and O–H groups in total. The molecule has 0 spiro atoms. The number of allylic oxidation sites excluding steroid dienone is 10. The molecule has 0 saturated heterocycles.